The smallest absolute Gasteiger partial charge is 0.271 e. The highest BCUT2D eigenvalue weighted by Crippen LogP contribution is 2.17. The number of nitrogens with zero attached hydrogens (tertiary/aromatic N) is 3. The lowest BCUT2D eigenvalue weighted by molar-refractivity contribution is 0.244. The van der Waals surface area contributed by atoms with Gasteiger partial charge in [-0.2, -0.15) is 5.26 Å². The maximum atomic E-state index is 12.7. The second kappa shape index (κ2) is 7.85. The molecule has 2 aromatic rings. The highest BCUT2D eigenvalue weighted by atomic mass is 16.1. The lowest BCUT2D eigenvalue weighted by atomic mass is 10.1. The molecule has 0 atom stereocenters. The van der Waals surface area contributed by atoms with Gasteiger partial charge in [-0.3, -0.25) is 14.8 Å². The van der Waals surface area contributed by atoms with Gasteiger partial charge >= 0.3 is 0 Å². The van der Waals surface area contributed by atoms with Crippen molar-refractivity contribution in [3.8, 4) is 6.07 Å². The second-order valence-electron chi connectivity index (χ2n) is 6.41. The molecule has 0 radical (unpaired) electrons. The Bertz CT molecular complexity index is 938. The minimum absolute atomic E-state index is 0.0290. The summed E-state index contributed by atoms with van der Waals surface area (Å²) in [6.07, 6.45) is 6.12. The summed E-state index contributed by atoms with van der Waals surface area (Å²) in [6, 6.07) is 9.74. The molecule has 5 nitrogen and oxygen atoms in total. The molecule has 3 rings (SSSR count). The maximum Gasteiger partial charge on any atom is 0.271 e. The van der Waals surface area contributed by atoms with Crippen molar-refractivity contribution in [1.29, 1.82) is 5.26 Å². The lowest BCUT2D eigenvalue weighted by Crippen LogP contribution is -2.32. The Morgan fingerprint density at radius 3 is 2.73 bits per heavy atom. The van der Waals surface area contributed by atoms with Crippen LogP contribution in [0.4, 0.5) is 0 Å². The molecule has 0 saturated heterocycles. The quantitative estimate of drug-likeness (QED) is 0.818. The van der Waals surface area contributed by atoms with Crippen LogP contribution in [0.15, 0.2) is 66.0 Å². The molecule has 0 saturated carbocycles. The number of aromatic nitrogens is 2. The zero-order chi connectivity index (χ0) is 18.5. The van der Waals surface area contributed by atoms with Gasteiger partial charge in [0.1, 0.15) is 0 Å². The second-order valence-corrected chi connectivity index (χ2v) is 6.41. The van der Waals surface area contributed by atoms with Crippen molar-refractivity contribution >= 4 is 0 Å². The van der Waals surface area contributed by atoms with E-state index in [2.05, 4.69) is 29.2 Å². The zero-order valence-electron chi connectivity index (χ0n) is 14.7. The normalized spacial score (nSPS) is 14.5. The molecule has 132 valence electrons. The summed E-state index contributed by atoms with van der Waals surface area (Å²) in [5.41, 5.74) is 4.64. The van der Waals surface area contributed by atoms with E-state index in [-0.39, 0.29) is 5.56 Å². The summed E-state index contributed by atoms with van der Waals surface area (Å²) in [7, 11) is 0. The molecule has 0 spiro atoms. The van der Waals surface area contributed by atoms with E-state index >= 15 is 0 Å². The molecule has 1 N–H and O–H groups in total. The summed E-state index contributed by atoms with van der Waals surface area (Å²) in [5, 5.41) is 12.1. The molecule has 0 aliphatic carbocycles. The van der Waals surface area contributed by atoms with Crippen molar-refractivity contribution in [2.75, 3.05) is 6.54 Å². The van der Waals surface area contributed by atoms with Gasteiger partial charge in [-0.05, 0) is 23.3 Å². The summed E-state index contributed by atoms with van der Waals surface area (Å²) in [5.74, 6) is 0. The third-order valence-corrected chi connectivity index (χ3v) is 4.62. The van der Waals surface area contributed by atoms with Gasteiger partial charge in [-0.15, -0.1) is 0 Å². The van der Waals surface area contributed by atoms with Gasteiger partial charge in [0.15, 0.2) is 0 Å². The first-order chi connectivity index (χ1) is 12.6. The van der Waals surface area contributed by atoms with E-state index in [4.69, 9.17) is 5.26 Å². The van der Waals surface area contributed by atoms with Crippen LogP contribution in [0.5, 0.6) is 0 Å². The topological polar surface area (TPSA) is 64.8 Å². The molecule has 0 fully saturated rings. The predicted molar refractivity (Wildman–Crippen MR) is 103 cm³/mol. The van der Waals surface area contributed by atoms with Crippen molar-refractivity contribution in [2.45, 2.75) is 26.1 Å². The zero-order valence-corrected chi connectivity index (χ0v) is 14.7. The van der Waals surface area contributed by atoms with Gasteiger partial charge in [0, 0.05) is 31.7 Å². The number of aromatic amines is 1. The highest BCUT2D eigenvalue weighted by Gasteiger charge is 2.22. The largest absolute Gasteiger partial charge is 0.299 e. The van der Waals surface area contributed by atoms with Crippen LogP contribution < -0.4 is 5.56 Å². The first kappa shape index (κ1) is 17.7. The molecule has 26 heavy (non-hydrogen) atoms. The van der Waals surface area contributed by atoms with Gasteiger partial charge in [0.2, 0.25) is 0 Å². The van der Waals surface area contributed by atoms with E-state index in [1.54, 1.807) is 16.8 Å². The molecule has 1 aromatic heterocycles. The van der Waals surface area contributed by atoms with E-state index < -0.39 is 0 Å². The molecule has 0 bridgehead atoms. The van der Waals surface area contributed by atoms with Crippen LogP contribution in [0.3, 0.4) is 0 Å². The minimum Gasteiger partial charge on any atom is -0.299 e. The standard InChI is InChI=1S/C21H22N4O/c1-3-5-16(4-2)14-25-21(26)19-15-24(11-10-20(19)23-25)13-18-8-6-17(12-22)7-9-18/h3-9,23H,1-2,10-11,13-15H2/b16-5+. The molecular weight excluding hydrogens is 324 g/mol. The highest BCUT2D eigenvalue weighted by molar-refractivity contribution is 5.32. The number of H-pyrrole nitrogens is 1. The molecule has 2 heterocycles. The van der Waals surface area contributed by atoms with Crippen LogP contribution in [0.1, 0.15) is 22.4 Å². The fourth-order valence-corrected chi connectivity index (χ4v) is 3.22. The average molecular weight is 346 g/mol. The summed E-state index contributed by atoms with van der Waals surface area (Å²) in [6.45, 7) is 10.2. The van der Waals surface area contributed by atoms with Gasteiger partial charge in [-0.25, -0.2) is 4.68 Å². The monoisotopic (exact) mass is 346 g/mol. The third-order valence-electron chi connectivity index (χ3n) is 4.62. The number of allylic oxidation sites excluding steroid dienone is 4. The van der Waals surface area contributed by atoms with Crippen LogP contribution in [0.25, 0.3) is 0 Å². The number of benzene rings is 1. The summed E-state index contributed by atoms with van der Waals surface area (Å²) < 4.78 is 1.65. The first-order valence-electron chi connectivity index (χ1n) is 8.60. The molecule has 1 aliphatic heterocycles. The number of nitriles is 1. The Hall–Kier alpha value is -3.10. The Morgan fingerprint density at radius 2 is 2.08 bits per heavy atom. The first-order valence-corrected chi connectivity index (χ1v) is 8.60. The van der Waals surface area contributed by atoms with E-state index in [1.165, 1.54) is 0 Å². The molecule has 1 aliphatic rings. The van der Waals surface area contributed by atoms with Crippen molar-refractivity contribution in [2.24, 2.45) is 0 Å². The van der Waals surface area contributed by atoms with Crippen LogP contribution in [-0.4, -0.2) is 21.2 Å². The summed E-state index contributed by atoms with van der Waals surface area (Å²) >= 11 is 0. The molecule has 0 amide bonds. The summed E-state index contributed by atoms with van der Waals surface area (Å²) in [4.78, 5) is 15.0. The lowest BCUT2D eigenvalue weighted by Gasteiger charge is -2.25. The van der Waals surface area contributed by atoms with E-state index in [9.17, 15) is 4.79 Å². The number of fused-ring (bicyclic) bond motifs is 1. The van der Waals surface area contributed by atoms with Crippen molar-refractivity contribution in [3.63, 3.8) is 0 Å². The molecule has 5 heteroatoms. The Morgan fingerprint density at radius 1 is 1.31 bits per heavy atom. The van der Waals surface area contributed by atoms with Gasteiger partial charge in [-0.1, -0.05) is 43.5 Å². The van der Waals surface area contributed by atoms with Crippen molar-refractivity contribution < 1.29 is 0 Å². The molecule has 0 unspecified atom stereocenters. The average Bonchev–Trinajstić information content (AvgIpc) is 2.97. The van der Waals surface area contributed by atoms with Crippen LogP contribution in [-0.2, 0) is 26.1 Å². The van der Waals surface area contributed by atoms with E-state index in [0.717, 1.165) is 41.9 Å². The third kappa shape index (κ3) is 3.76. The van der Waals surface area contributed by atoms with Crippen LogP contribution >= 0.6 is 0 Å². The number of hydrogen-bond donors (Lipinski definition) is 1. The van der Waals surface area contributed by atoms with Gasteiger partial charge in [0.05, 0.1) is 23.7 Å². The fourth-order valence-electron chi connectivity index (χ4n) is 3.22. The molecule has 1 aromatic carbocycles. The van der Waals surface area contributed by atoms with Crippen molar-refractivity contribution in [1.82, 2.24) is 14.7 Å². The van der Waals surface area contributed by atoms with Crippen LogP contribution in [0, 0.1) is 11.3 Å². The maximum absolute atomic E-state index is 12.7. The Labute approximate surface area is 153 Å². The number of rotatable bonds is 6. The Kier molecular flexibility index (Phi) is 5.35. The minimum atomic E-state index is 0.0290. The SMILES string of the molecule is C=C/C=C(\C=C)Cn1[nH]c2c(c1=O)CN(Cc1ccc(C#N)cc1)CC2. The van der Waals surface area contributed by atoms with Crippen LogP contribution in [0.2, 0.25) is 0 Å². The number of hydrogen-bond acceptors (Lipinski definition) is 3. The van der Waals surface area contributed by atoms with Gasteiger partial charge < -0.3 is 0 Å². The van der Waals surface area contributed by atoms with E-state index in [0.29, 0.717) is 18.7 Å². The predicted octanol–water partition coefficient (Wildman–Crippen LogP) is 2.90. The molecular formula is C21H22N4O. The van der Waals surface area contributed by atoms with Crippen molar-refractivity contribution in [3.05, 3.63) is 94.0 Å². The van der Waals surface area contributed by atoms with E-state index in [1.807, 2.05) is 30.3 Å². The fraction of sp³-hybridized carbons (Fsp3) is 0.238. The number of nitrogens with one attached hydrogen (secondary N) is 1. The Balaban J connectivity index is 1.74. The van der Waals surface area contributed by atoms with Gasteiger partial charge in [0.25, 0.3) is 5.56 Å².